The van der Waals surface area contributed by atoms with Crippen LogP contribution < -0.4 is 4.90 Å². The number of fused-ring (bicyclic) bond motifs is 8. The fourth-order valence-electron chi connectivity index (χ4n) is 7.52. The number of rotatable bonds is 5. The molecule has 0 aliphatic rings. The number of nitrogens with zero attached hydrogens (tertiary/aromatic N) is 2. The second kappa shape index (κ2) is 11.4. The third kappa shape index (κ3) is 4.55. The summed E-state index contributed by atoms with van der Waals surface area (Å²) in [6.07, 6.45) is 0. The van der Waals surface area contributed by atoms with E-state index in [0.29, 0.717) is 0 Å². The van der Waals surface area contributed by atoms with Gasteiger partial charge in [0.25, 0.3) is 0 Å². The van der Waals surface area contributed by atoms with Gasteiger partial charge in [0.2, 0.25) is 0 Å². The van der Waals surface area contributed by atoms with E-state index in [1.54, 1.807) is 0 Å². The monoisotopic (exact) mass is 690 g/mol. The Balaban J connectivity index is 1.27. The summed E-state index contributed by atoms with van der Waals surface area (Å²) >= 11 is 0.139. The average Bonchev–Trinajstić information content (AvgIpc) is 3.72. The normalized spacial score (nSPS) is 11.7. The number of hydrogen-bond acceptors (Lipinski definition) is 1. The first-order valence-corrected chi connectivity index (χ1v) is 18.4. The first-order chi connectivity index (χ1) is 24.3. The van der Waals surface area contributed by atoms with Crippen LogP contribution in [0.2, 0.25) is 0 Å². The van der Waals surface area contributed by atoms with Crippen molar-refractivity contribution in [1.82, 2.24) is 4.57 Å². The van der Waals surface area contributed by atoms with Crippen molar-refractivity contribution >= 4 is 83.4 Å². The van der Waals surface area contributed by atoms with Gasteiger partial charge in [0.1, 0.15) is 0 Å². The van der Waals surface area contributed by atoms with E-state index in [4.69, 9.17) is 0 Å². The quantitative estimate of drug-likeness (QED) is 0.163. The van der Waals surface area contributed by atoms with Crippen molar-refractivity contribution in [1.29, 1.82) is 0 Å². The number of benzene rings is 8. The minimum atomic E-state index is 0.139. The number of anilines is 3. The SMILES string of the molecule is c1ccc(-c2cccc(N(c3ccc4c5ccccc5n(-c5ccccc5)c4c3)c3cccc4c3[se]c3c5ccccc5ccc43)c2)cc1. The van der Waals surface area contributed by atoms with Crippen molar-refractivity contribution in [3.8, 4) is 16.8 Å². The molecule has 2 heterocycles. The molecule has 0 saturated carbocycles. The van der Waals surface area contributed by atoms with Crippen molar-refractivity contribution < 1.29 is 0 Å². The number of hydrogen-bond donors (Lipinski definition) is 0. The molecule has 0 atom stereocenters. The third-order valence-corrected chi connectivity index (χ3v) is 12.4. The van der Waals surface area contributed by atoms with E-state index in [1.807, 2.05) is 0 Å². The van der Waals surface area contributed by atoms with Gasteiger partial charge in [-0.25, -0.2) is 0 Å². The second-order valence-electron chi connectivity index (χ2n) is 12.6. The van der Waals surface area contributed by atoms with Crippen LogP contribution in [0.3, 0.4) is 0 Å². The second-order valence-corrected chi connectivity index (χ2v) is 14.7. The third-order valence-electron chi connectivity index (χ3n) is 9.75. The summed E-state index contributed by atoms with van der Waals surface area (Å²) in [5.74, 6) is 0. The number of para-hydroxylation sites is 2. The van der Waals surface area contributed by atoms with Gasteiger partial charge in [0.15, 0.2) is 0 Å². The van der Waals surface area contributed by atoms with Crippen LogP contribution in [0.1, 0.15) is 0 Å². The van der Waals surface area contributed by atoms with E-state index in [1.165, 1.54) is 68.7 Å². The van der Waals surface area contributed by atoms with E-state index in [0.717, 1.165) is 17.1 Å². The summed E-state index contributed by atoms with van der Waals surface area (Å²) in [4.78, 5) is 2.49. The van der Waals surface area contributed by atoms with Gasteiger partial charge in [-0.3, -0.25) is 0 Å². The number of aromatic nitrogens is 1. The fourth-order valence-corrected chi connectivity index (χ4v) is 10.3. The predicted octanol–water partition coefficient (Wildman–Crippen LogP) is 12.4. The summed E-state index contributed by atoms with van der Waals surface area (Å²) in [5, 5.41) is 7.91. The van der Waals surface area contributed by atoms with Crippen LogP contribution in [-0.4, -0.2) is 19.1 Å². The van der Waals surface area contributed by atoms with Crippen molar-refractivity contribution in [2.75, 3.05) is 4.90 Å². The van der Waals surface area contributed by atoms with Gasteiger partial charge in [0, 0.05) is 0 Å². The molecule has 0 aliphatic heterocycles. The van der Waals surface area contributed by atoms with Gasteiger partial charge in [-0.15, -0.1) is 0 Å². The minimum absolute atomic E-state index is 0.139. The van der Waals surface area contributed by atoms with Crippen molar-refractivity contribution in [3.05, 3.63) is 182 Å². The molecule has 10 rings (SSSR count). The van der Waals surface area contributed by atoms with E-state index in [2.05, 4.69) is 191 Å². The van der Waals surface area contributed by atoms with Crippen molar-refractivity contribution in [3.63, 3.8) is 0 Å². The summed E-state index contributed by atoms with van der Waals surface area (Å²) in [5.41, 5.74) is 9.52. The molecule has 0 spiro atoms. The van der Waals surface area contributed by atoms with Crippen LogP contribution >= 0.6 is 0 Å². The molecule has 0 amide bonds. The molecule has 0 aliphatic carbocycles. The van der Waals surface area contributed by atoms with Crippen LogP contribution in [0.4, 0.5) is 17.1 Å². The van der Waals surface area contributed by atoms with Gasteiger partial charge in [-0.1, -0.05) is 0 Å². The molecule has 0 radical (unpaired) electrons. The van der Waals surface area contributed by atoms with Crippen LogP contribution in [0.15, 0.2) is 182 Å². The molecule has 0 unspecified atom stereocenters. The van der Waals surface area contributed by atoms with Crippen LogP contribution in [0, 0.1) is 0 Å². The topological polar surface area (TPSA) is 8.17 Å². The first kappa shape index (κ1) is 28.2. The molecule has 8 aromatic carbocycles. The zero-order valence-electron chi connectivity index (χ0n) is 26.6. The Morgan fingerprint density at radius 3 is 1.90 bits per heavy atom. The molecule has 0 fully saturated rings. The predicted molar refractivity (Wildman–Crippen MR) is 210 cm³/mol. The van der Waals surface area contributed by atoms with Gasteiger partial charge < -0.3 is 0 Å². The summed E-state index contributed by atoms with van der Waals surface area (Å²) in [6, 6.07) is 66.5. The molecule has 230 valence electrons. The van der Waals surface area contributed by atoms with E-state index in [9.17, 15) is 0 Å². The van der Waals surface area contributed by atoms with Crippen LogP contribution in [0.25, 0.3) is 68.7 Å². The van der Waals surface area contributed by atoms with Gasteiger partial charge in [-0.2, -0.15) is 0 Å². The first-order valence-electron chi connectivity index (χ1n) is 16.7. The molecule has 0 N–H and O–H groups in total. The van der Waals surface area contributed by atoms with Gasteiger partial charge in [-0.05, 0) is 0 Å². The maximum atomic E-state index is 2.49. The molecule has 0 bridgehead atoms. The molecular weight excluding hydrogens is 659 g/mol. The van der Waals surface area contributed by atoms with E-state index in [-0.39, 0.29) is 14.5 Å². The standard InChI is InChI=1S/C46H30N2Se/c1-3-13-31(14-4-1)33-16-11-19-35(29-33)47(43-24-12-22-40-41-27-25-32-15-7-8-20-37(32)45(41)49-46(40)43)36-26-28-39-38-21-9-10-23-42(38)48(44(39)30-36)34-17-5-2-6-18-34/h1-30H. The maximum absolute atomic E-state index is 2.49. The zero-order valence-corrected chi connectivity index (χ0v) is 28.3. The Hall–Kier alpha value is -5.86. The molecule has 2 aromatic heterocycles. The Morgan fingerprint density at radius 2 is 1.02 bits per heavy atom. The summed E-state index contributed by atoms with van der Waals surface area (Å²) in [6.45, 7) is 0. The molecule has 49 heavy (non-hydrogen) atoms. The molecule has 2 nitrogen and oxygen atoms in total. The summed E-state index contributed by atoms with van der Waals surface area (Å²) in [7, 11) is 0. The molecule has 0 saturated heterocycles. The molecular formula is C46H30N2Se. The zero-order chi connectivity index (χ0) is 32.3. The van der Waals surface area contributed by atoms with Crippen LogP contribution in [-0.2, 0) is 0 Å². The Kier molecular flexibility index (Phi) is 6.55. The van der Waals surface area contributed by atoms with Crippen molar-refractivity contribution in [2.24, 2.45) is 0 Å². The van der Waals surface area contributed by atoms with Crippen LogP contribution in [0.5, 0.6) is 0 Å². The fraction of sp³-hybridized carbons (Fsp3) is 0. The Morgan fingerprint density at radius 1 is 0.388 bits per heavy atom. The molecule has 10 aromatic rings. The average molecular weight is 690 g/mol. The van der Waals surface area contributed by atoms with E-state index >= 15 is 0 Å². The molecule has 3 heteroatoms. The van der Waals surface area contributed by atoms with Gasteiger partial charge >= 0.3 is 292 Å². The summed E-state index contributed by atoms with van der Waals surface area (Å²) < 4.78 is 5.31. The van der Waals surface area contributed by atoms with Gasteiger partial charge in [0.05, 0.1) is 0 Å². The Bertz CT molecular complexity index is 2830. The Labute approximate surface area is 290 Å². The van der Waals surface area contributed by atoms with Crippen molar-refractivity contribution in [2.45, 2.75) is 0 Å². The van der Waals surface area contributed by atoms with E-state index < -0.39 is 0 Å².